The van der Waals surface area contributed by atoms with Crippen molar-refractivity contribution in [2.75, 3.05) is 13.6 Å². The molecule has 0 aromatic heterocycles. The fourth-order valence-electron chi connectivity index (χ4n) is 2.01. The molecule has 1 rings (SSSR count). The molecule has 16 heavy (non-hydrogen) atoms. The zero-order valence-corrected chi connectivity index (χ0v) is 10.5. The van der Waals surface area contributed by atoms with E-state index in [1.807, 2.05) is 7.05 Å². The highest BCUT2D eigenvalue weighted by molar-refractivity contribution is 5.14. The molecule has 0 aliphatic rings. The van der Waals surface area contributed by atoms with Crippen LogP contribution in [-0.4, -0.2) is 13.6 Å². The molecule has 1 N–H and O–H groups in total. The summed E-state index contributed by atoms with van der Waals surface area (Å²) in [4.78, 5) is 0. The summed E-state index contributed by atoms with van der Waals surface area (Å²) in [6, 6.07) is 10.7. The Bertz CT molecular complexity index is 304. The van der Waals surface area contributed by atoms with Gasteiger partial charge in [0.1, 0.15) is 0 Å². The van der Waals surface area contributed by atoms with Gasteiger partial charge in [-0.3, -0.25) is 0 Å². The highest BCUT2D eigenvalue weighted by atomic mass is 14.8. The highest BCUT2D eigenvalue weighted by Crippen LogP contribution is 2.24. The van der Waals surface area contributed by atoms with E-state index in [1.165, 1.54) is 18.4 Å². The van der Waals surface area contributed by atoms with E-state index in [4.69, 9.17) is 0 Å². The van der Waals surface area contributed by atoms with Gasteiger partial charge >= 0.3 is 0 Å². The molecular weight excluding hydrogens is 194 g/mol. The minimum atomic E-state index is 0.226. The summed E-state index contributed by atoms with van der Waals surface area (Å²) in [6.45, 7) is 7.21. The molecule has 1 heteroatoms. The van der Waals surface area contributed by atoms with Crippen LogP contribution in [0.1, 0.15) is 25.3 Å². The first-order valence-corrected chi connectivity index (χ1v) is 6.02. The molecule has 1 atom stereocenters. The van der Waals surface area contributed by atoms with E-state index in [-0.39, 0.29) is 5.41 Å². The summed E-state index contributed by atoms with van der Waals surface area (Å²) < 4.78 is 0. The van der Waals surface area contributed by atoms with E-state index in [9.17, 15) is 0 Å². The molecule has 1 nitrogen and oxygen atoms in total. The molecule has 0 heterocycles. The third-order valence-corrected chi connectivity index (χ3v) is 3.13. The molecule has 0 saturated carbocycles. The van der Waals surface area contributed by atoms with Crippen molar-refractivity contribution in [3.8, 4) is 0 Å². The molecule has 0 aliphatic carbocycles. The van der Waals surface area contributed by atoms with E-state index >= 15 is 0 Å². The van der Waals surface area contributed by atoms with Crippen LogP contribution < -0.4 is 5.32 Å². The van der Waals surface area contributed by atoms with Crippen LogP contribution >= 0.6 is 0 Å². The van der Waals surface area contributed by atoms with Crippen molar-refractivity contribution in [3.05, 3.63) is 48.6 Å². The number of benzene rings is 1. The Labute approximate surface area is 99.6 Å². The maximum Gasteiger partial charge on any atom is 0.00367 e. The van der Waals surface area contributed by atoms with Gasteiger partial charge in [-0.2, -0.15) is 0 Å². The first kappa shape index (κ1) is 13.0. The van der Waals surface area contributed by atoms with Crippen LogP contribution in [-0.2, 0) is 6.42 Å². The predicted molar refractivity (Wildman–Crippen MR) is 71.6 cm³/mol. The van der Waals surface area contributed by atoms with Crippen molar-refractivity contribution < 1.29 is 0 Å². The Morgan fingerprint density at radius 2 is 2.00 bits per heavy atom. The molecular formula is C15H23N. The summed E-state index contributed by atoms with van der Waals surface area (Å²) in [5.41, 5.74) is 1.65. The summed E-state index contributed by atoms with van der Waals surface area (Å²) >= 11 is 0. The molecule has 88 valence electrons. The average Bonchev–Trinajstić information content (AvgIpc) is 2.31. The molecule has 1 aromatic carbocycles. The van der Waals surface area contributed by atoms with E-state index < -0.39 is 0 Å². The normalized spacial score (nSPS) is 14.4. The van der Waals surface area contributed by atoms with E-state index in [0.717, 1.165) is 13.0 Å². The summed E-state index contributed by atoms with van der Waals surface area (Å²) in [6.07, 6.45) is 5.64. The predicted octanol–water partition coefficient (Wildman–Crippen LogP) is 3.42. The van der Waals surface area contributed by atoms with Crippen LogP contribution in [0.2, 0.25) is 0 Å². The van der Waals surface area contributed by atoms with Crippen LogP contribution in [0.25, 0.3) is 0 Å². The second-order valence-corrected chi connectivity index (χ2v) is 4.73. The fraction of sp³-hybridized carbons (Fsp3) is 0.467. The van der Waals surface area contributed by atoms with Crippen LogP contribution in [0.3, 0.4) is 0 Å². The lowest BCUT2D eigenvalue weighted by atomic mass is 9.84. The Morgan fingerprint density at radius 1 is 1.31 bits per heavy atom. The minimum Gasteiger partial charge on any atom is -0.319 e. The largest absolute Gasteiger partial charge is 0.319 e. The molecule has 0 aliphatic heterocycles. The maximum absolute atomic E-state index is 3.94. The third-order valence-electron chi connectivity index (χ3n) is 3.13. The molecule has 0 radical (unpaired) electrons. The van der Waals surface area contributed by atoms with Gasteiger partial charge in [-0.05, 0) is 37.3 Å². The topological polar surface area (TPSA) is 12.0 Å². The van der Waals surface area contributed by atoms with Gasteiger partial charge in [0.15, 0.2) is 0 Å². The highest BCUT2D eigenvalue weighted by Gasteiger charge is 2.18. The van der Waals surface area contributed by atoms with Crippen LogP contribution in [0.5, 0.6) is 0 Å². The Kier molecular flexibility index (Phi) is 5.27. The lowest BCUT2D eigenvalue weighted by molar-refractivity contribution is 0.366. The van der Waals surface area contributed by atoms with Crippen LogP contribution in [0, 0.1) is 5.41 Å². The van der Waals surface area contributed by atoms with Gasteiger partial charge < -0.3 is 5.32 Å². The molecule has 0 amide bonds. The fourth-order valence-corrected chi connectivity index (χ4v) is 2.01. The molecule has 0 bridgehead atoms. The van der Waals surface area contributed by atoms with Crippen LogP contribution in [0.4, 0.5) is 0 Å². The first-order chi connectivity index (χ1) is 7.70. The van der Waals surface area contributed by atoms with Gasteiger partial charge in [0.05, 0.1) is 0 Å². The molecule has 0 spiro atoms. The maximum atomic E-state index is 3.94. The van der Waals surface area contributed by atoms with Crippen molar-refractivity contribution in [1.29, 1.82) is 0 Å². The lowest BCUT2D eigenvalue weighted by Crippen LogP contribution is -2.27. The Hall–Kier alpha value is -1.08. The smallest absolute Gasteiger partial charge is 0.00367 e. The van der Waals surface area contributed by atoms with Crippen molar-refractivity contribution in [1.82, 2.24) is 5.32 Å². The average molecular weight is 217 g/mol. The Morgan fingerprint density at radius 3 is 2.56 bits per heavy atom. The number of hydrogen-bond acceptors (Lipinski definition) is 1. The minimum absolute atomic E-state index is 0.226. The van der Waals surface area contributed by atoms with Gasteiger partial charge in [0.25, 0.3) is 0 Å². The zero-order chi connectivity index (χ0) is 11.9. The quantitative estimate of drug-likeness (QED) is 0.690. The zero-order valence-electron chi connectivity index (χ0n) is 10.5. The van der Waals surface area contributed by atoms with Crippen LogP contribution in [0.15, 0.2) is 43.0 Å². The van der Waals surface area contributed by atoms with Gasteiger partial charge in [-0.1, -0.05) is 43.3 Å². The Balaban J connectivity index is 2.37. The van der Waals surface area contributed by atoms with Gasteiger partial charge in [0.2, 0.25) is 0 Å². The summed E-state index contributed by atoms with van der Waals surface area (Å²) in [5, 5.41) is 3.24. The second kappa shape index (κ2) is 6.49. The third kappa shape index (κ3) is 4.19. The first-order valence-electron chi connectivity index (χ1n) is 6.02. The lowest BCUT2D eigenvalue weighted by Gasteiger charge is -2.25. The van der Waals surface area contributed by atoms with E-state index in [0.29, 0.717) is 0 Å². The number of rotatable bonds is 7. The van der Waals surface area contributed by atoms with Crippen molar-refractivity contribution >= 4 is 0 Å². The summed E-state index contributed by atoms with van der Waals surface area (Å²) in [7, 11) is 2.00. The SMILES string of the molecule is C=CC(C)(CCCc1ccccc1)CNC. The van der Waals surface area contributed by atoms with Crippen molar-refractivity contribution in [2.45, 2.75) is 26.2 Å². The van der Waals surface area contributed by atoms with E-state index in [1.54, 1.807) is 0 Å². The monoisotopic (exact) mass is 217 g/mol. The van der Waals surface area contributed by atoms with Crippen molar-refractivity contribution in [3.63, 3.8) is 0 Å². The molecule has 0 saturated heterocycles. The van der Waals surface area contributed by atoms with Crippen molar-refractivity contribution in [2.24, 2.45) is 5.41 Å². The number of hydrogen-bond donors (Lipinski definition) is 1. The number of aryl methyl sites for hydroxylation is 1. The number of nitrogens with one attached hydrogen (secondary N) is 1. The second-order valence-electron chi connectivity index (χ2n) is 4.73. The van der Waals surface area contributed by atoms with Gasteiger partial charge in [-0.15, -0.1) is 6.58 Å². The van der Waals surface area contributed by atoms with Gasteiger partial charge in [-0.25, -0.2) is 0 Å². The summed E-state index contributed by atoms with van der Waals surface area (Å²) in [5.74, 6) is 0. The molecule has 1 aromatic rings. The molecule has 1 unspecified atom stereocenters. The standard InChI is InChI=1S/C15H23N/c1-4-15(2,13-16-3)12-8-11-14-9-6-5-7-10-14/h4-7,9-10,16H,1,8,11-13H2,2-3H3. The van der Waals surface area contributed by atoms with E-state index in [2.05, 4.69) is 55.2 Å². The molecule has 0 fully saturated rings. The van der Waals surface area contributed by atoms with Gasteiger partial charge in [0, 0.05) is 6.54 Å².